The van der Waals surface area contributed by atoms with Crippen LogP contribution >= 0.6 is 0 Å². The van der Waals surface area contributed by atoms with Crippen LogP contribution in [0.4, 0.5) is 0 Å². The number of aromatic nitrogens is 6. The Balaban J connectivity index is 1.62. The van der Waals surface area contributed by atoms with E-state index in [9.17, 15) is 20.1 Å². The molecule has 186 valence electrons. The number of phenolic OH excluding ortho intramolecular Hbond substituents is 2. The molecule has 0 saturated carbocycles. The largest absolute Gasteiger partial charge is 0.507 e. The lowest BCUT2D eigenvalue weighted by molar-refractivity contribution is -0.144. The summed E-state index contributed by atoms with van der Waals surface area (Å²) in [5.74, 6) is -0.463. The Labute approximate surface area is 206 Å². The summed E-state index contributed by atoms with van der Waals surface area (Å²) in [5.41, 5.74) is 1.08. The zero-order valence-corrected chi connectivity index (χ0v) is 19.7. The summed E-state index contributed by atoms with van der Waals surface area (Å²) in [4.78, 5) is 12.1. The van der Waals surface area contributed by atoms with Gasteiger partial charge >= 0.3 is 5.97 Å². The second-order valence-electron chi connectivity index (χ2n) is 8.65. The van der Waals surface area contributed by atoms with Crippen molar-refractivity contribution in [3.63, 3.8) is 0 Å². The molecule has 0 atom stereocenters. The van der Waals surface area contributed by atoms with Gasteiger partial charge in [0, 0.05) is 16.7 Å². The monoisotopic (exact) mass is 490 g/mol. The van der Waals surface area contributed by atoms with Gasteiger partial charge in [-0.25, -0.2) is 4.79 Å². The summed E-state index contributed by atoms with van der Waals surface area (Å²) < 4.78 is 8.44. The minimum Gasteiger partial charge on any atom is -0.507 e. The first-order valence-corrected chi connectivity index (χ1v) is 11.1. The number of esters is 1. The van der Waals surface area contributed by atoms with E-state index in [0.29, 0.717) is 22.5 Å². The number of hydrogen-bond donors (Lipinski definition) is 3. The van der Waals surface area contributed by atoms with E-state index in [1.54, 1.807) is 60.9 Å². The second-order valence-corrected chi connectivity index (χ2v) is 8.65. The molecule has 0 aliphatic carbocycles. The van der Waals surface area contributed by atoms with Crippen LogP contribution in [0.5, 0.6) is 11.5 Å². The standard InChI is InChI=1S/C25H26N6O5/c1-17(2)24(35)36-16-25(15-32,13-30-11-20(26-28-30)18-7-3-5-9-22(18)33)14-31-12-21(27-29-31)19-8-4-6-10-23(19)34/h3-12,32-34H,1,13-16H2,2H3. The molecule has 0 fully saturated rings. The van der Waals surface area contributed by atoms with Crippen LogP contribution in [-0.4, -0.2) is 64.5 Å². The third-order valence-corrected chi connectivity index (χ3v) is 5.63. The molecular weight excluding hydrogens is 464 g/mol. The highest BCUT2D eigenvalue weighted by Crippen LogP contribution is 2.30. The van der Waals surface area contributed by atoms with Gasteiger partial charge < -0.3 is 20.1 Å². The van der Waals surface area contributed by atoms with E-state index in [-0.39, 0.29) is 43.4 Å². The zero-order valence-electron chi connectivity index (χ0n) is 19.7. The summed E-state index contributed by atoms with van der Waals surface area (Å²) in [6.45, 7) is 4.82. The van der Waals surface area contributed by atoms with Gasteiger partial charge in [-0.05, 0) is 31.2 Å². The molecule has 36 heavy (non-hydrogen) atoms. The predicted octanol–water partition coefficient (Wildman–Crippen LogP) is 2.41. The molecule has 2 aromatic heterocycles. The van der Waals surface area contributed by atoms with Gasteiger partial charge in [-0.3, -0.25) is 9.36 Å². The van der Waals surface area contributed by atoms with Crippen LogP contribution in [-0.2, 0) is 22.6 Å². The van der Waals surface area contributed by atoms with E-state index < -0.39 is 11.4 Å². The summed E-state index contributed by atoms with van der Waals surface area (Å²) >= 11 is 0. The van der Waals surface area contributed by atoms with Crippen LogP contribution in [0.25, 0.3) is 22.5 Å². The first-order chi connectivity index (χ1) is 17.3. The van der Waals surface area contributed by atoms with Crippen molar-refractivity contribution in [1.82, 2.24) is 30.0 Å². The van der Waals surface area contributed by atoms with Gasteiger partial charge in [0.2, 0.25) is 0 Å². The number of aliphatic hydroxyl groups excluding tert-OH is 1. The maximum atomic E-state index is 12.1. The van der Waals surface area contributed by atoms with Crippen LogP contribution in [0.1, 0.15) is 6.92 Å². The Morgan fingerprint density at radius 1 is 0.917 bits per heavy atom. The summed E-state index contributed by atoms with van der Waals surface area (Å²) in [6, 6.07) is 13.5. The van der Waals surface area contributed by atoms with E-state index in [4.69, 9.17) is 4.74 Å². The molecule has 0 bridgehead atoms. The first-order valence-electron chi connectivity index (χ1n) is 11.1. The van der Waals surface area contributed by atoms with Crippen LogP contribution in [0.3, 0.4) is 0 Å². The Bertz CT molecular complexity index is 1290. The maximum Gasteiger partial charge on any atom is 0.333 e. The van der Waals surface area contributed by atoms with Gasteiger partial charge in [-0.2, -0.15) is 0 Å². The van der Waals surface area contributed by atoms with E-state index in [1.165, 1.54) is 16.3 Å². The quantitative estimate of drug-likeness (QED) is 0.225. The van der Waals surface area contributed by atoms with Crippen LogP contribution in [0.15, 0.2) is 73.1 Å². The van der Waals surface area contributed by atoms with Crippen LogP contribution in [0, 0.1) is 5.41 Å². The number of aliphatic hydroxyl groups is 1. The van der Waals surface area contributed by atoms with Gasteiger partial charge in [0.15, 0.2) is 0 Å². The van der Waals surface area contributed by atoms with E-state index >= 15 is 0 Å². The highest BCUT2D eigenvalue weighted by atomic mass is 16.5. The van der Waals surface area contributed by atoms with Crippen molar-refractivity contribution >= 4 is 5.97 Å². The SMILES string of the molecule is C=C(C)C(=O)OCC(CO)(Cn1cc(-c2ccccc2O)nn1)Cn1cc(-c2ccccc2O)nn1. The third kappa shape index (κ3) is 5.41. The molecule has 0 aliphatic rings. The van der Waals surface area contributed by atoms with Crippen LogP contribution < -0.4 is 0 Å². The molecule has 0 radical (unpaired) electrons. The molecule has 11 heteroatoms. The average Bonchev–Trinajstić information content (AvgIpc) is 3.52. The maximum absolute atomic E-state index is 12.1. The highest BCUT2D eigenvalue weighted by molar-refractivity contribution is 5.86. The number of hydrogen-bond acceptors (Lipinski definition) is 9. The number of phenols is 2. The lowest BCUT2D eigenvalue weighted by Crippen LogP contribution is -2.41. The third-order valence-electron chi connectivity index (χ3n) is 5.63. The summed E-state index contributed by atoms with van der Waals surface area (Å²) in [6.07, 6.45) is 3.27. The number of benzene rings is 2. The predicted molar refractivity (Wildman–Crippen MR) is 130 cm³/mol. The van der Waals surface area contributed by atoms with E-state index in [0.717, 1.165) is 0 Å². The van der Waals surface area contributed by atoms with Crippen LogP contribution in [0.2, 0.25) is 0 Å². The Morgan fingerprint density at radius 2 is 1.39 bits per heavy atom. The summed E-state index contributed by atoms with van der Waals surface area (Å²) in [5, 5.41) is 47.3. The number of ether oxygens (including phenoxy) is 1. The average molecular weight is 491 g/mol. The van der Waals surface area contributed by atoms with Crippen molar-refractivity contribution in [2.75, 3.05) is 13.2 Å². The lowest BCUT2D eigenvalue weighted by Gasteiger charge is -2.30. The number of carbonyl (C=O) groups is 1. The van der Waals surface area contributed by atoms with Crippen molar-refractivity contribution in [2.45, 2.75) is 20.0 Å². The fraction of sp³-hybridized carbons (Fsp3) is 0.240. The van der Waals surface area contributed by atoms with Crippen molar-refractivity contribution in [3.05, 3.63) is 73.1 Å². The van der Waals surface area contributed by atoms with Gasteiger partial charge in [-0.1, -0.05) is 41.3 Å². The number of para-hydroxylation sites is 2. The number of rotatable bonds is 10. The van der Waals surface area contributed by atoms with Gasteiger partial charge in [0.1, 0.15) is 29.5 Å². The molecule has 2 aromatic carbocycles. The van der Waals surface area contributed by atoms with Crippen molar-refractivity contribution in [2.24, 2.45) is 5.41 Å². The minimum atomic E-state index is -1.06. The molecule has 3 N–H and O–H groups in total. The molecule has 2 heterocycles. The molecule has 0 amide bonds. The van der Waals surface area contributed by atoms with Crippen molar-refractivity contribution in [1.29, 1.82) is 0 Å². The molecular formula is C25H26N6O5. The van der Waals surface area contributed by atoms with Gasteiger partial charge in [-0.15, -0.1) is 10.2 Å². The first kappa shape index (κ1) is 24.6. The highest BCUT2D eigenvalue weighted by Gasteiger charge is 2.34. The van der Waals surface area contributed by atoms with Crippen molar-refractivity contribution < 1.29 is 24.9 Å². The summed E-state index contributed by atoms with van der Waals surface area (Å²) in [7, 11) is 0. The second kappa shape index (κ2) is 10.4. The smallest absolute Gasteiger partial charge is 0.333 e. The molecule has 4 rings (SSSR count). The molecule has 0 aliphatic heterocycles. The topological polar surface area (TPSA) is 148 Å². The molecule has 0 spiro atoms. The minimum absolute atomic E-state index is 0.0627. The fourth-order valence-electron chi connectivity index (χ4n) is 3.69. The van der Waals surface area contributed by atoms with Gasteiger partial charge in [0.25, 0.3) is 0 Å². The Hall–Kier alpha value is -4.51. The van der Waals surface area contributed by atoms with Crippen molar-refractivity contribution in [3.8, 4) is 34.0 Å². The van der Waals surface area contributed by atoms with E-state index in [2.05, 4.69) is 27.2 Å². The zero-order chi connectivity index (χ0) is 25.7. The van der Waals surface area contributed by atoms with Gasteiger partial charge in [0.05, 0.1) is 37.5 Å². The lowest BCUT2D eigenvalue weighted by atomic mass is 9.89. The number of aromatic hydroxyl groups is 2. The normalized spacial score (nSPS) is 11.4. The molecule has 4 aromatic rings. The Kier molecular flexibility index (Phi) is 7.11. The molecule has 11 nitrogen and oxygen atoms in total. The fourth-order valence-corrected chi connectivity index (χ4v) is 3.69. The number of carbonyl (C=O) groups excluding carboxylic acids is 1. The van der Waals surface area contributed by atoms with E-state index in [1.807, 2.05) is 0 Å². The number of nitrogens with zero attached hydrogens (tertiary/aromatic N) is 6. The molecule has 0 saturated heterocycles. The Morgan fingerprint density at radius 3 is 1.81 bits per heavy atom. The molecule has 0 unspecified atom stereocenters.